The lowest BCUT2D eigenvalue weighted by atomic mass is 10.1. The summed E-state index contributed by atoms with van der Waals surface area (Å²) in [5.74, 6) is 0.529. The van der Waals surface area contributed by atoms with Crippen molar-refractivity contribution in [2.75, 3.05) is 59.7 Å². The van der Waals surface area contributed by atoms with Crippen molar-refractivity contribution in [3.63, 3.8) is 0 Å². The molecule has 5 N–H and O–H groups in total. The summed E-state index contributed by atoms with van der Waals surface area (Å²) in [7, 11) is 1.54. The summed E-state index contributed by atoms with van der Waals surface area (Å²) in [5, 5.41) is 15.7. The van der Waals surface area contributed by atoms with E-state index in [0.29, 0.717) is 126 Å². The number of morpholine rings is 1. The van der Waals surface area contributed by atoms with Crippen LogP contribution in [-0.4, -0.2) is 125 Å². The average molecular weight is 952 g/mol. The van der Waals surface area contributed by atoms with Gasteiger partial charge in [0.2, 0.25) is 11.8 Å². The molecular weight excluding hydrogens is 900 g/mol. The smallest absolute Gasteiger partial charge is 0.248 e. The Kier molecular flexibility index (Phi) is 13.0. The van der Waals surface area contributed by atoms with E-state index < -0.39 is 11.8 Å². The quantitative estimate of drug-likeness (QED) is 0.0687. The number of rotatable bonds is 18. The number of benzene rings is 2. The van der Waals surface area contributed by atoms with Gasteiger partial charge in [-0.3, -0.25) is 23.9 Å². The zero-order valence-corrected chi connectivity index (χ0v) is 39.5. The first-order valence-electron chi connectivity index (χ1n) is 22.3. The van der Waals surface area contributed by atoms with Crippen LogP contribution in [0.3, 0.4) is 0 Å². The van der Waals surface area contributed by atoms with Crippen molar-refractivity contribution < 1.29 is 23.8 Å². The highest BCUT2D eigenvalue weighted by Crippen LogP contribution is 2.41. The molecule has 0 radical (unpaired) electrons. The van der Waals surface area contributed by atoms with Gasteiger partial charge in [0, 0.05) is 80.8 Å². The number of amides is 2. The summed E-state index contributed by atoms with van der Waals surface area (Å²) in [6, 6.07) is 10.6. The average Bonchev–Trinajstić information content (AvgIpc) is 4.07. The van der Waals surface area contributed by atoms with E-state index in [1.165, 1.54) is 0 Å². The van der Waals surface area contributed by atoms with E-state index in [-0.39, 0.29) is 21.4 Å². The zero-order chi connectivity index (χ0) is 47.1. The van der Waals surface area contributed by atoms with E-state index in [1.807, 2.05) is 53.8 Å². The highest BCUT2D eigenvalue weighted by molar-refractivity contribution is 6.37. The van der Waals surface area contributed by atoms with Crippen molar-refractivity contribution in [2.45, 2.75) is 60.3 Å². The van der Waals surface area contributed by atoms with Crippen LogP contribution < -0.4 is 26.3 Å². The van der Waals surface area contributed by atoms with Crippen molar-refractivity contribution in [3.8, 4) is 34.5 Å². The molecule has 2 aromatic carbocycles. The number of methoxy groups -OCH3 is 1. The second-order valence-electron chi connectivity index (χ2n) is 16.4. The van der Waals surface area contributed by atoms with E-state index in [4.69, 9.17) is 68.8 Å². The fraction of sp³-hybridized carbons (Fsp3) is 0.391. The number of nitrogens with two attached hydrogens (primary N) is 2. The highest BCUT2D eigenvalue weighted by Gasteiger charge is 2.26. The highest BCUT2D eigenvalue weighted by atomic mass is 35.5. The molecule has 0 unspecified atom stereocenters. The standard InChI is InChI=1S/C46H52Cl2N14O5/c1-6-61-31(19-25(3)56-61)43-52-39(47)35-29-21-27(41(49)63)23-33(65-5)37(29)59(45(35)54-43)12-9-51-10-13-60-38-30(36-40(48)53-44(55-46(36)60)32-20-26(4)57-62(32)7-2)22-28(42(50)64)24-34(38)67-16-8-11-58-14-17-66-18-15-58/h19-24,51H,6-18H2,1-5H3,(H2,49,63)(H2,50,64). The molecule has 0 saturated carbocycles. The Morgan fingerprint density at radius 1 is 0.716 bits per heavy atom. The maximum Gasteiger partial charge on any atom is 0.248 e. The molecule has 21 heteroatoms. The molecule has 0 bridgehead atoms. The van der Waals surface area contributed by atoms with Gasteiger partial charge in [-0.1, -0.05) is 23.2 Å². The number of hydrogen-bond acceptors (Lipinski definition) is 13. The molecule has 8 aromatic rings. The molecule has 1 aliphatic heterocycles. The number of hydrogen-bond donors (Lipinski definition) is 3. The molecule has 2 amide bonds. The third kappa shape index (κ3) is 8.73. The normalized spacial score (nSPS) is 13.5. The second kappa shape index (κ2) is 19.1. The number of primary amides is 2. The number of nitrogens with one attached hydrogen (secondary N) is 1. The Hall–Kier alpha value is -6.38. The lowest BCUT2D eigenvalue weighted by Crippen LogP contribution is -2.37. The SMILES string of the molecule is CCn1nc(C)cc1-c1nc(Cl)c2c3cc(C(N)=O)cc(OC)c3n(CCNCCn3c4nc(-c5cc(C)nn5CC)nc(Cl)c4c4cc(C(N)=O)cc(OCCCN5CCOCC5)c43)c2n1. The van der Waals surface area contributed by atoms with Gasteiger partial charge in [-0.15, -0.1) is 0 Å². The van der Waals surface area contributed by atoms with E-state index in [2.05, 4.69) is 25.0 Å². The third-order valence-corrected chi connectivity index (χ3v) is 12.6. The van der Waals surface area contributed by atoms with E-state index >= 15 is 0 Å². The van der Waals surface area contributed by atoms with Gasteiger partial charge in [-0.25, -0.2) is 19.9 Å². The molecule has 0 aliphatic carbocycles. The van der Waals surface area contributed by atoms with Crippen LogP contribution in [0, 0.1) is 13.8 Å². The lowest BCUT2D eigenvalue weighted by molar-refractivity contribution is 0.0358. The van der Waals surface area contributed by atoms with E-state index in [9.17, 15) is 9.59 Å². The number of fused-ring (bicyclic) bond motifs is 6. The van der Waals surface area contributed by atoms with E-state index in [0.717, 1.165) is 48.8 Å². The molecule has 67 heavy (non-hydrogen) atoms. The van der Waals surface area contributed by atoms with Crippen LogP contribution in [0.15, 0.2) is 36.4 Å². The van der Waals surface area contributed by atoms with Crippen molar-refractivity contribution >= 4 is 78.9 Å². The molecule has 0 spiro atoms. The molecule has 6 aromatic heterocycles. The third-order valence-electron chi connectivity index (χ3n) is 12.1. The molecule has 7 heterocycles. The van der Waals surface area contributed by atoms with Gasteiger partial charge in [0.15, 0.2) is 11.6 Å². The number of ether oxygens (including phenoxy) is 3. The zero-order valence-electron chi connectivity index (χ0n) is 38.0. The number of halogens is 2. The van der Waals surface area contributed by atoms with Crippen LogP contribution in [0.1, 0.15) is 52.4 Å². The maximum atomic E-state index is 12.8. The number of nitrogens with zero attached hydrogens (tertiary/aromatic N) is 11. The first-order chi connectivity index (χ1) is 32.4. The summed E-state index contributed by atoms with van der Waals surface area (Å²) in [6.07, 6.45) is 0.756. The largest absolute Gasteiger partial charge is 0.495 e. The topological polar surface area (TPSA) is 226 Å². The predicted molar refractivity (Wildman–Crippen MR) is 257 cm³/mol. The lowest BCUT2D eigenvalue weighted by Gasteiger charge is -2.26. The van der Waals surface area contributed by atoms with Crippen molar-refractivity contribution in [2.24, 2.45) is 11.5 Å². The van der Waals surface area contributed by atoms with Crippen LogP contribution in [0.4, 0.5) is 0 Å². The molecule has 19 nitrogen and oxygen atoms in total. The minimum Gasteiger partial charge on any atom is -0.495 e. The van der Waals surface area contributed by atoms with Gasteiger partial charge in [0.1, 0.15) is 44.5 Å². The minimum atomic E-state index is -0.610. The van der Waals surface area contributed by atoms with Gasteiger partial charge in [-0.2, -0.15) is 10.2 Å². The van der Waals surface area contributed by atoms with Crippen LogP contribution in [-0.2, 0) is 30.9 Å². The fourth-order valence-corrected chi connectivity index (χ4v) is 9.55. The summed E-state index contributed by atoms with van der Waals surface area (Å²) in [5.41, 5.74) is 17.8. The van der Waals surface area contributed by atoms with Crippen molar-refractivity contribution in [1.29, 1.82) is 0 Å². The Labute approximate surface area is 395 Å². The first kappa shape index (κ1) is 45.8. The predicted octanol–water partition coefficient (Wildman–Crippen LogP) is 5.77. The van der Waals surface area contributed by atoms with Gasteiger partial charge in [0.25, 0.3) is 0 Å². The molecule has 1 aliphatic rings. The van der Waals surface area contributed by atoms with Crippen LogP contribution in [0.2, 0.25) is 10.3 Å². The summed E-state index contributed by atoms with van der Waals surface area (Å²) in [4.78, 5) is 47.4. The first-order valence-corrected chi connectivity index (χ1v) is 23.1. The van der Waals surface area contributed by atoms with Crippen molar-refractivity contribution in [3.05, 3.63) is 69.2 Å². The van der Waals surface area contributed by atoms with Gasteiger partial charge < -0.3 is 40.1 Å². The molecule has 0 atom stereocenters. The molecule has 9 rings (SSSR count). The number of aryl methyl sites for hydroxylation is 4. The summed E-state index contributed by atoms with van der Waals surface area (Å²) >= 11 is 14.2. The monoisotopic (exact) mass is 950 g/mol. The maximum absolute atomic E-state index is 12.8. The fourth-order valence-electron chi connectivity index (χ4n) is 9.01. The Balaban J connectivity index is 1.09. The Bertz CT molecular complexity index is 3200. The number of carbonyl (C=O) groups excluding carboxylic acids is 2. The number of aromatic nitrogens is 10. The Morgan fingerprint density at radius 2 is 1.21 bits per heavy atom. The summed E-state index contributed by atoms with van der Waals surface area (Å²) < 4.78 is 25.7. The van der Waals surface area contributed by atoms with Crippen LogP contribution >= 0.6 is 23.2 Å². The van der Waals surface area contributed by atoms with Gasteiger partial charge in [-0.05, 0) is 70.5 Å². The molecule has 1 saturated heterocycles. The number of carbonyl (C=O) groups is 2. The summed E-state index contributed by atoms with van der Waals surface area (Å²) in [6.45, 7) is 15.2. The van der Waals surface area contributed by atoms with Crippen LogP contribution in [0.25, 0.3) is 66.9 Å². The van der Waals surface area contributed by atoms with E-state index in [1.54, 1.807) is 31.4 Å². The van der Waals surface area contributed by atoms with Gasteiger partial charge in [0.05, 0.1) is 60.1 Å². The van der Waals surface area contributed by atoms with Crippen molar-refractivity contribution in [1.82, 2.24) is 58.8 Å². The van der Waals surface area contributed by atoms with Gasteiger partial charge >= 0.3 is 0 Å². The van der Waals surface area contributed by atoms with Crippen LogP contribution in [0.5, 0.6) is 11.5 Å². The second-order valence-corrected chi connectivity index (χ2v) is 17.1. The molecule has 350 valence electrons. The Morgan fingerprint density at radius 3 is 1.69 bits per heavy atom. The molecular formula is C46H52Cl2N14O5. The minimum absolute atomic E-state index is 0.212. The molecule has 1 fully saturated rings.